The molecule has 0 fully saturated rings. The number of ether oxygens (including phenoxy) is 1. The number of benzene rings is 2. The normalized spacial score (nSPS) is 9.65. The Bertz CT molecular complexity index is 723. The maximum Gasteiger partial charge on any atom is 0.407 e. The lowest BCUT2D eigenvalue weighted by Gasteiger charge is -2.05. The topological polar surface area (TPSA) is 38.3 Å². The first-order valence-electron chi connectivity index (χ1n) is 7.03. The number of nitrogens with one attached hydrogen (secondary N) is 1. The number of carbonyl (C=O) groups excluding carboxylic acids is 1. The first kappa shape index (κ1) is 17.4. The van der Waals surface area contributed by atoms with E-state index in [1.165, 1.54) is 0 Å². The minimum Gasteiger partial charge on any atom is -0.445 e. The zero-order valence-electron chi connectivity index (χ0n) is 12.3. The molecular weight excluding hydrogens is 378 g/mol. The number of hydrogen-bond acceptors (Lipinski definition) is 2. The zero-order chi connectivity index (χ0) is 16.5. The van der Waals surface area contributed by atoms with Crippen molar-refractivity contribution in [2.24, 2.45) is 0 Å². The van der Waals surface area contributed by atoms with E-state index in [-0.39, 0.29) is 6.61 Å². The van der Waals surface area contributed by atoms with Crippen LogP contribution in [0.3, 0.4) is 0 Å². The highest BCUT2D eigenvalue weighted by Gasteiger charge is 2.01. The van der Waals surface area contributed by atoms with Gasteiger partial charge < -0.3 is 10.1 Å². The molecule has 0 aromatic heterocycles. The van der Waals surface area contributed by atoms with Crippen LogP contribution in [0.15, 0.2) is 53.0 Å². The van der Waals surface area contributed by atoms with Crippen LogP contribution in [0.4, 0.5) is 4.79 Å². The van der Waals surface area contributed by atoms with Gasteiger partial charge in [0.15, 0.2) is 0 Å². The molecule has 118 valence electrons. The smallest absolute Gasteiger partial charge is 0.407 e. The van der Waals surface area contributed by atoms with Crippen LogP contribution in [-0.2, 0) is 11.3 Å². The molecule has 0 aliphatic carbocycles. The molecule has 1 amide bonds. The van der Waals surface area contributed by atoms with Crippen molar-refractivity contribution in [3.05, 3.63) is 69.2 Å². The van der Waals surface area contributed by atoms with Gasteiger partial charge in [-0.1, -0.05) is 69.7 Å². The van der Waals surface area contributed by atoms with Crippen LogP contribution in [0.5, 0.6) is 0 Å². The van der Waals surface area contributed by atoms with Crippen molar-refractivity contribution >= 4 is 33.6 Å². The van der Waals surface area contributed by atoms with Crippen molar-refractivity contribution in [1.82, 2.24) is 5.32 Å². The summed E-state index contributed by atoms with van der Waals surface area (Å²) in [5.41, 5.74) is 1.72. The fourth-order valence-electron chi connectivity index (χ4n) is 1.75. The van der Waals surface area contributed by atoms with Gasteiger partial charge in [0.1, 0.15) is 6.61 Å². The van der Waals surface area contributed by atoms with Crippen LogP contribution >= 0.6 is 27.5 Å². The van der Waals surface area contributed by atoms with E-state index in [4.69, 9.17) is 16.3 Å². The average molecular weight is 393 g/mol. The van der Waals surface area contributed by atoms with Gasteiger partial charge in [0, 0.05) is 23.0 Å². The lowest BCUT2D eigenvalue weighted by Crippen LogP contribution is -2.24. The molecule has 2 rings (SSSR count). The van der Waals surface area contributed by atoms with E-state index in [0.717, 1.165) is 15.6 Å². The van der Waals surface area contributed by atoms with Crippen molar-refractivity contribution in [2.45, 2.75) is 13.0 Å². The van der Waals surface area contributed by atoms with Gasteiger partial charge in [0.2, 0.25) is 0 Å². The molecule has 1 N–H and O–H groups in total. The molecule has 0 radical (unpaired) electrons. The van der Waals surface area contributed by atoms with Crippen LogP contribution in [0, 0.1) is 11.8 Å². The summed E-state index contributed by atoms with van der Waals surface area (Å²) in [6.07, 6.45) is 0.0737. The van der Waals surface area contributed by atoms with Gasteiger partial charge in [0.05, 0.1) is 5.02 Å². The highest BCUT2D eigenvalue weighted by atomic mass is 79.9. The third-order valence-corrected chi connectivity index (χ3v) is 3.69. The summed E-state index contributed by atoms with van der Waals surface area (Å²) in [5.74, 6) is 5.95. The molecule has 0 atom stereocenters. The van der Waals surface area contributed by atoms with E-state index in [2.05, 4.69) is 33.1 Å². The maximum absolute atomic E-state index is 11.5. The number of alkyl carbamates (subject to hydrolysis) is 1. The standard InChI is InChI=1S/C18H15BrClNO2/c19-16-10-9-15(17(20)12-16)8-4-5-11-21-18(22)23-13-14-6-2-1-3-7-14/h1-3,6-7,9-10,12H,5,11,13H2,(H,21,22). The summed E-state index contributed by atoms with van der Waals surface area (Å²) in [6.45, 7) is 0.682. The second-order valence-corrected chi connectivity index (χ2v) is 5.99. The highest BCUT2D eigenvalue weighted by Crippen LogP contribution is 2.20. The summed E-state index contributed by atoms with van der Waals surface area (Å²) in [5, 5.41) is 3.26. The fraction of sp³-hybridized carbons (Fsp3) is 0.167. The van der Waals surface area contributed by atoms with Crippen LogP contribution in [0.2, 0.25) is 5.02 Å². The Hall–Kier alpha value is -1.96. The number of amides is 1. The summed E-state index contributed by atoms with van der Waals surface area (Å²) in [7, 11) is 0. The third kappa shape index (κ3) is 6.35. The Labute approximate surface area is 149 Å². The predicted molar refractivity (Wildman–Crippen MR) is 95.3 cm³/mol. The number of halogens is 2. The average Bonchev–Trinajstić information content (AvgIpc) is 2.55. The van der Waals surface area contributed by atoms with E-state index in [9.17, 15) is 4.79 Å². The van der Waals surface area contributed by atoms with Crippen LogP contribution in [0.25, 0.3) is 0 Å². The second-order valence-electron chi connectivity index (χ2n) is 4.66. The molecule has 0 heterocycles. The van der Waals surface area contributed by atoms with Crippen molar-refractivity contribution in [2.75, 3.05) is 6.54 Å². The van der Waals surface area contributed by atoms with Gasteiger partial charge in [-0.05, 0) is 23.8 Å². The Kier molecular flexibility index (Phi) is 6.99. The largest absolute Gasteiger partial charge is 0.445 e. The Morgan fingerprint density at radius 1 is 1.22 bits per heavy atom. The van der Waals surface area contributed by atoms with E-state index >= 15 is 0 Å². The molecule has 2 aromatic carbocycles. The molecule has 0 spiro atoms. The maximum atomic E-state index is 11.5. The van der Waals surface area contributed by atoms with Gasteiger partial charge in [-0.15, -0.1) is 0 Å². The first-order chi connectivity index (χ1) is 11.1. The number of rotatable bonds is 4. The second kappa shape index (κ2) is 9.24. The fourth-order valence-corrected chi connectivity index (χ4v) is 2.47. The van der Waals surface area contributed by atoms with E-state index < -0.39 is 6.09 Å². The predicted octanol–water partition coefficient (Wildman–Crippen LogP) is 4.77. The molecular formula is C18H15BrClNO2. The van der Waals surface area contributed by atoms with Crippen molar-refractivity contribution < 1.29 is 9.53 Å². The Morgan fingerprint density at radius 2 is 2.00 bits per heavy atom. The van der Waals surface area contributed by atoms with Crippen molar-refractivity contribution in [1.29, 1.82) is 0 Å². The Morgan fingerprint density at radius 3 is 2.74 bits per heavy atom. The summed E-state index contributed by atoms with van der Waals surface area (Å²) in [6, 6.07) is 15.1. The van der Waals surface area contributed by atoms with Gasteiger partial charge in [-0.25, -0.2) is 4.79 Å². The lowest BCUT2D eigenvalue weighted by atomic mass is 10.2. The molecule has 0 unspecified atom stereocenters. The lowest BCUT2D eigenvalue weighted by molar-refractivity contribution is 0.140. The molecule has 0 saturated heterocycles. The zero-order valence-corrected chi connectivity index (χ0v) is 14.7. The van der Waals surface area contributed by atoms with E-state index in [1.54, 1.807) is 6.07 Å². The Balaban J connectivity index is 1.69. The third-order valence-electron chi connectivity index (χ3n) is 2.89. The minimum absolute atomic E-state index is 0.257. The molecule has 3 nitrogen and oxygen atoms in total. The summed E-state index contributed by atoms with van der Waals surface area (Å²) < 4.78 is 6.01. The van der Waals surface area contributed by atoms with Gasteiger partial charge in [0.25, 0.3) is 0 Å². The number of carbonyl (C=O) groups is 1. The van der Waals surface area contributed by atoms with Crippen LogP contribution in [-0.4, -0.2) is 12.6 Å². The molecule has 2 aromatic rings. The van der Waals surface area contributed by atoms with Crippen molar-refractivity contribution in [3.63, 3.8) is 0 Å². The monoisotopic (exact) mass is 391 g/mol. The van der Waals surface area contributed by atoms with Gasteiger partial charge in [-0.2, -0.15) is 0 Å². The molecule has 0 aliphatic rings. The van der Waals surface area contributed by atoms with Crippen LogP contribution < -0.4 is 5.32 Å². The molecule has 0 saturated carbocycles. The number of hydrogen-bond donors (Lipinski definition) is 1. The SMILES string of the molecule is O=C(NCCC#Cc1ccc(Br)cc1Cl)OCc1ccccc1. The molecule has 0 bridgehead atoms. The molecule has 23 heavy (non-hydrogen) atoms. The highest BCUT2D eigenvalue weighted by molar-refractivity contribution is 9.10. The van der Waals surface area contributed by atoms with Crippen molar-refractivity contribution in [3.8, 4) is 11.8 Å². The summed E-state index contributed by atoms with van der Waals surface area (Å²) in [4.78, 5) is 11.5. The summed E-state index contributed by atoms with van der Waals surface area (Å²) >= 11 is 9.41. The quantitative estimate of drug-likeness (QED) is 0.601. The van der Waals surface area contributed by atoms with Crippen LogP contribution in [0.1, 0.15) is 17.5 Å². The minimum atomic E-state index is -0.447. The van der Waals surface area contributed by atoms with E-state index in [0.29, 0.717) is 18.0 Å². The first-order valence-corrected chi connectivity index (χ1v) is 8.21. The van der Waals surface area contributed by atoms with Gasteiger partial charge in [-0.3, -0.25) is 0 Å². The molecule has 5 heteroatoms. The van der Waals surface area contributed by atoms with Gasteiger partial charge >= 0.3 is 6.09 Å². The van der Waals surface area contributed by atoms with E-state index in [1.807, 2.05) is 42.5 Å². The molecule has 0 aliphatic heterocycles.